The van der Waals surface area contributed by atoms with E-state index in [2.05, 4.69) is 24.3 Å². The third kappa shape index (κ3) is 2.59. The van der Waals surface area contributed by atoms with E-state index in [1.54, 1.807) is 0 Å². The number of likely N-dealkylation sites (tertiary alicyclic amines) is 1. The zero-order valence-corrected chi connectivity index (χ0v) is 10.9. The Bertz CT molecular complexity index is 449. The van der Waals surface area contributed by atoms with Gasteiger partial charge in [-0.15, -0.1) is 0 Å². The van der Waals surface area contributed by atoms with E-state index in [-0.39, 0.29) is 12.1 Å². The molecule has 102 valence electrons. The van der Waals surface area contributed by atoms with Crippen LogP contribution in [0.5, 0.6) is 0 Å². The summed E-state index contributed by atoms with van der Waals surface area (Å²) < 4.78 is 5.94. The molecule has 0 spiro atoms. The normalized spacial score (nSPS) is 22.7. The molecular weight excluding hydrogens is 242 g/mol. The Morgan fingerprint density at radius 2 is 2.00 bits per heavy atom. The number of hydrogen-bond acceptors (Lipinski definition) is 2. The summed E-state index contributed by atoms with van der Waals surface area (Å²) in [7, 11) is 0. The molecule has 0 unspecified atom stereocenters. The quantitative estimate of drug-likeness (QED) is 0.908. The smallest absolute Gasteiger partial charge is 0.407 e. The Hall–Kier alpha value is -1.55. The average Bonchev–Trinajstić information content (AvgIpc) is 3.02. The summed E-state index contributed by atoms with van der Waals surface area (Å²) in [6.45, 7) is 1.18. The molecule has 1 aliphatic heterocycles. The molecule has 0 bridgehead atoms. The van der Waals surface area contributed by atoms with E-state index in [9.17, 15) is 4.79 Å². The van der Waals surface area contributed by atoms with E-state index >= 15 is 0 Å². The second-order valence-electron chi connectivity index (χ2n) is 5.40. The molecule has 1 saturated heterocycles. The highest BCUT2D eigenvalue weighted by Gasteiger charge is 2.30. The van der Waals surface area contributed by atoms with Crippen LogP contribution < -0.4 is 0 Å². The molecule has 1 heterocycles. The number of carboxylic acid groups (broad SMARTS) is 1. The number of rotatable bonds is 3. The van der Waals surface area contributed by atoms with Crippen molar-refractivity contribution < 1.29 is 14.6 Å². The first-order chi connectivity index (χ1) is 9.24. The highest BCUT2D eigenvalue weighted by molar-refractivity contribution is 5.65. The summed E-state index contributed by atoms with van der Waals surface area (Å²) >= 11 is 0. The van der Waals surface area contributed by atoms with E-state index in [0.717, 1.165) is 25.7 Å². The van der Waals surface area contributed by atoms with Crippen molar-refractivity contribution in [3.63, 3.8) is 0 Å². The zero-order chi connectivity index (χ0) is 13.2. The number of hydrogen-bond donors (Lipinski definition) is 1. The maximum atomic E-state index is 11.1. The number of benzene rings is 1. The van der Waals surface area contributed by atoms with E-state index in [4.69, 9.17) is 9.84 Å². The molecule has 1 atom stereocenters. The Morgan fingerprint density at radius 3 is 2.63 bits per heavy atom. The number of fused-ring (bicyclic) bond motifs is 1. The molecule has 0 aromatic heterocycles. The topological polar surface area (TPSA) is 49.8 Å². The van der Waals surface area contributed by atoms with Gasteiger partial charge in [0.2, 0.25) is 0 Å². The van der Waals surface area contributed by atoms with Gasteiger partial charge in [-0.2, -0.15) is 0 Å². The molecule has 4 heteroatoms. The van der Waals surface area contributed by atoms with Gasteiger partial charge in [-0.25, -0.2) is 4.79 Å². The fourth-order valence-electron chi connectivity index (χ4n) is 3.14. The fourth-order valence-corrected chi connectivity index (χ4v) is 3.14. The van der Waals surface area contributed by atoms with Gasteiger partial charge < -0.3 is 14.7 Å². The van der Waals surface area contributed by atoms with Crippen molar-refractivity contribution in [1.29, 1.82) is 0 Å². The fraction of sp³-hybridized carbons (Fsp3) is 0.533. The van der Waals surface area contributed by atoms with Crippen molar-refractivity contribution in [2.24, 2.45) is 0 Å². The van der Waals surface area contributed by atoms with Gasteiger partial charge in [0.15, 0.2) is 0 Å². The van der Waals surface area contributed by atoms with Crippen molar-refractivity contribution in [2.75, 3.05) is 13.2 Å². The second-order valence-corrected chi connectivity index (χ2v) is 5.40. The summed E-state index contributed by atoms with van der Waals surface area (Å²) in [6.07, 6.45) is 3.18. The monoisotopic (exact) mass is 261 g/mol. The predicted molar refractivity (Wildman–Crippen MR) is 71.3 cm³/mol. The van der Waals surface area contributed by atoms with Gasteiger partial charge >= 0.3 is 6.09 Å². The van der Waals surface area contributed by atoms with Gasteiger partial charge in [0, 0.05) is 6.54 Å². The standard InChI is InChI=1S/C15H19NO3/c17-15(18)16-7-3-6-13(16)10-19-14-8-11-4-1-2-5-12(11)9-14/h1-2,4-5,13-14H,3,6-10H2,(H,17,18)/t13-/m0/s1. The first-order valence-electron chi connectivity index (χ1n) is 6.92. The van der Waals surface area contributed by atoms with Crippen LogP contribution in [0.3, 0.4) is 0 Å². The van der Waals surface area contributed by atoms with Crippen LogP contribution in [-0.4, -0.2) is 41.4 Å². The highest BCUT2D eigenvalue weighted by Crippen LogP contribution is 2.25. The Labute approximate surface area is 113 Å². The van der Waals surface area contributed by atoms with E-state index < -0.39 is 6.09 Å². The van der Waals surface area contributed by atoms with Crippen LogP contribution >= 0.6 is 0 Å². The van der Waals surface area contributed by atoms with E-state index in [1.807, 2.05) is 0 Å². The molecule has 1 N–H and O–H groups in total. The molecule has 1 aromatic rings. The van der Waals surface area contributed by atoms with Crippen LogP contribution in [0.25, 0.3) is 0 Å². The van der Waals surface area contributed by atoms with Crippen molar-refractivity contribution in [2.45, 2.75) is 37.8 Å². The molecule has 1 amide bonds. The molecule has 2 aliphatic rings. The Morgan fingerprint density at radius 1 is 1.32 bits per heavy atom. The van der Waals surface area contributed by atoms with Crippen molar-refractivity contribution in [3.8, 4) is 0 Å². The third-order valence-corrected chi connectivity index (χ3v) is 4.16. The summed E-state index contributed by atoms with van der Waals surface area (Å²) in [4.78, 5) is 12.6. The van der Waals surface area contributed by atoms with Gasteiger partial charge in [0.25, 0.3) is 0 Å². The van der Waals surface area contributed by atoms with Gasteiger partial charge in [-0.05, 0) is 36.8 Å². The summed E-state index contributed by atoms with van der Waals surface area (Å²) in [5.41, 5.74) is 2.74. The molecule has 1 aliphatic carbocycles. The first-order valence-corrected chi connectivity index (χ1v) is 6.92. The van der Waals surface area contributed by atoms with E-state index in [1.165, 1.54) is 16.0 Å². The lowest BCUT2D eigenvalue weighted by Crippen LogP contribution is -2.38. The van der Waals surface area contributed by atoms with Crippen LogP contribution in [0.4, 0.5) is 4.79 Å². The van der Waals surface area contributed by atoms with Crippen molar-refractivity contribution in [3.05, 3.63) is 35.4 Å². The zero-order valence-electron chi connectivity index (χ0n) is 10.9. The molecule has 19 heavy (non-hydrogen) atoms. The van der Waals surface area contributed by atoms with Crippen LogP contribution in [0, 0.1) is 0 Å². The molecular formula is C15H19NO3. The number of nitrogens with zero attached hydrogens (tertiary/aromatic N) is 1. The van der Waals surface area contributed by atoms with Crippen LogP contribution in [0.2, 0.25) is 0 Å². The van der Waals surface area contributed by atoms with Gasteiger partial charge in [0.05, 0.1) is 18.8 Å². The summed E-state index contributed by atoms with van der Waals surface area (Å²) in [5.74, 6) is 0. The highest BCUT2D eigenvalue weighted by atomic mass is 16.5. The maximum absolute atomic E-state index is 11.1. The Kier molecular flexibility index (Phi) is 3.42. The Balaban J connectivity index is 1.53. The number of carbonyl (C=O) groups is 1. The largest absolute Gasteiger partial charge is 0.465 e. The van der Waals surface area contributed by atoms with Crippen LogP contribution in [0.15, 0.2) is 24.3 Å². The molecule has 1 aromatic carbocycles. The lowest BCUT2D eigenvalue weighted by Gasteiger charge is -2.23. The molecule has 0 radical (unpaired) electrons. The maximum Gasteiger partial charge on any atom is 0.407 e. The SMILES string of the molecule is O=C(O)N1CCC[C@H]1COC1Cc2ccccc2C1. The minimum atomic E-state index is -0.819. The minimum Gasteiger partial charge on any atom is -0.465 e. The van der Waals surface area contributed by atoms with Gasteiger partial charge in [0.1, 0.15) is 0 Å². The van der Waals surface area contributed by atoms with Crippen LogP contribution in [0.1, 0.15) is 24.0 Å². The summed E-state index contributed by atoms with van der Waals surface area (Å²) in [6, 6.07) is 8.46. The lowest BCUT2D eigenvalue weighted by atomic mass is 10.1. The van der Waals surface area contributed by atoms with Crippen LogP contribution in [-0.2, 0) is 17.6 Å². The molecule has 1 fully saturated rings. The first kappa shape index (κ1) is 12.5. The number of ether oxygens (including phenoxy) is 1. The van der Waals surface area contributed by atoms with Gasteiger partial charge in [-0.3, -0.25) is 0 Å². The average molecular weight is 261 g/mol. The van der Waals surface area contributed by atoms with Crippen molar-refractivity contribution in [1.82, 2.24) is 4.90 Å². The summed E-state index contributed by atoms with van der Waals surface area (Å²) in [5, 5.41) is 9.09. The second kappa shape index (κ2) is 5.21. The molecule has 3 rings (SSSR count). The third-order valence-electron chi connectivity index (χ3n) is 4.16. The molecule has 4 nitrogen and oxygen atoms in total. The van der Waals surface area contributed by atoms with Crippen molar-refractivity contribution >= 4 is 6.09 Å². The minimum absolute atomic E-state index is 0.0428. The molecule has 0 saturated carbocycles. The lowest BCUT2D eigenvalue weighted by molar-refractivity contribution is 0.0253. The number of amides is 1. The van der Waals surface area contributed by atoms with Gasteiger partial charge in [-0.1, -0.05) is 24.3 Å². The van der Waals surface area contributed by atoms with E-state index in [0.29, 0.717) is 13.2 Å². The predicted octanol–water partition coefficient (Wildman–Crippen LogP) is 2.31.